The van der Waals surface area contributed by atoms with Crippen molar-refractivity contribution in [1.29, 1.82) is 0 Å². The van der Waals surface area contributed by atoms with Crippen molar-refractivity contribution >= 4 is 11.3 Å². The molecule has 13 heavy (non-hydrogen) atoms. The molecule has 2 heterocycles. The van der Waals surface area contributed by atoms with Gasteiger partial charge in [0, 0.05) is 25.1 Å². The van der Waals surface area contributed by atoms with Gasteiger partial charge in [-0.05, 0) is 12.8 Å². The fraction of sp³-hybridized carbons (Fsp3) is 0.667. The summed E-state index contributed by atoms with van der Waals surface area (Å²) in [4.78, 5) is 4.20. The molecule has 0 spiro atoms. The van der Waals surface area contributed by atoms with Crippen molar-refractivity contribution in [2.45, 2.75) is 25.5 Å². The minimum atomic E-state index is 0.429. The number of nitrogens with zero attached hydrogens (tertiary/aromatic N) is 1. The van der Waals surface area contributed by atoms with Gasteiger partial charge in [-0.25, -0.2) is 4.98 Å². The number of ether oxygens (including phenoxy) is 1. The molecule has 1 fully saturated rings. The van der Waals surface area contributed by atoms with E-state index in [1.54, 1.807) is 11.3 Å². The Labute approximate surface area is 82.1 Å². The minimum absolute atomic E-state index is 0.429. The highest BCUT2D eigenvalue weighted by molar-refractivity contribution is 7.07. The molecule has 1 aromatic rings. The Morgan fingerprint density at radius 3 is 3.38 bits per heavy atom. The summed E-state index contributed by atoms with van der Waals surface area (Å²) in [5.74, 6) is 0. The van der Waals surface area contributed by atoms with Crippen LogP contribution in [-0.4, -0.2) is 24.2 Å². The number of nitrogens with one attached hydrogen (secondary N) is 1. The third-order valence-electron chi connectivity index (χ3n) is 2.19. The van der Waals surface area contributed by atoms with Crippen molar-refractivity contribution in [2.24, 2.45) is 0 Å². The first-order valence-electron chi connectivity index (χ1n) is 4.64. The van der Waals surface area contributed by atoms with Gasteiger partial charge in [0.25, 0.3) is 0 Å². The molecule has 1 unspecified atom stereocenters. The van der Waals surface area contributed by atoms with Gasteiger partial charge in [0.2, 0.25) is 0 Å². The van der Waals surface area contributed by atoms with Crippen LogP contribution in [0.15, 0.2) is 10.9 Å². The van der Waals surface area contributed by atoms with Crippen LogP contribution in [0, 0.1) is 0 Å². The van der Waals surface area contributed by atoms with E-state index in [0.29, 0.717) is 6.10 Å². The fourth-order valence-electron chi connectivity index (χ4n) is 1.49. The molecule has 0 amide bonds. The second-order valence-electron chi connectivity index (χ2n) is 3.25. The summed E-state index contributed by atoms with van der Waals surface area (Å²) in [6, 6.07) is 0. The Morgan fingerprint density at radius 1 is 1.69 bits per heavy atom. The second-order valence-corrected chi connectivity index (χ2v) is 3.96. The zero-order valence-corrected chi connectivity index (χ0v) is 8.35. The van der Waals surface area contributed by atoms with Gasteiger partial charge in [-0.15, -0.1) is 11.3 Å². The number of thiazole rings is 1. The van der Waals surface area contributed by atoms with Gasteiger partial charge in [-0.3, -0.25) is 0 Å². The Hall–Kier alpha value is -0.450. The summed E-state index contributed by atoms with van der Waals surface area (Å²) < 4.78 is 5.49. The zero-order chi connectivity index (χ0) is 8.93. The third kappa shape index (κ3) is 2.76. The molecule has 1 aromatic heterocycles. The molecule has 1 saturated heterocycles. The predicted molar refractivity (Wildman–Crippen MR) is 52.8 cm³/mol. The first-order valence-corrected chi connectivity index (χ1v) is 5.59. The highest BCUT2D eigenvalue weighted by atomic mass is 32.1. The van der Waals surface area contributed by atoms with Crippen LogP contribution in [0.2, 0.25) is 0 Å². The summed E-state index contributed by atoms with van der Waals surface area (Å²) >= 11 is 1.64. The van der Waals surface area contributed by atoms with Gasteiger partial charge < -0.3 is 10.1 Å². The van der Waals surface area contributed by atoms with Crippen molar-refractivity contribution in [3.63, 3.8) is 0 Å². The molecule has 4 heteroatoms. The van der Waals surface area contributed by atoms with Crippen LogP contribution in [0.4, 0.5) is 0 Å². The molecule has 1 atom stereocenters. The highest BCUT2D eigenvalue weighted by Gasteiger charge is 2.14. The molecular formula is C9H14N2OS. The van der Waals surface area contributed by atoms with Crippen LogP contribution in [0.25, 0.3) is 0 Å². The van der Waals surface area contributed by atoms with E-state index in [-0.39, 0.29) is 0 Å². The first kappa shape index (κ1) is 9.12. The standard InChI is InChI=1S/C9H14N2OS/c1-2-9(12-3-1)5-10-4-8-6-13-7-11-8/h6-7,9-10H,1-5H2. The molecule has 0 saturated carbocycles. The van der Waals surface area contributed by atoms with E-state index in [2.05, 4.69) is 15.7 Å². The van der Waals surface area contributed by atoms with E-state index in [1.807, 2.05) is 5.51 Å². The molecule has 1 aliphatic heterocycles. The van der Waals surface area contributed by atoms with Crippen LogP contribution in [0.1, 0.15) is 18.5 Å². The van der Waals surface area contributed by atoms with E-state index in [1.165, 1.54) is 12.8 Å². The topological polar surface area (TPSA) is 34.2 Å². The van der Waals surface area contributed by atoms with Crippen molar-refractivity contribution < 1.29 is 4.74 Å². The summed E-state index contributed by atoms with van der Waals surface area (Å²) in [6.45, 7) is 2.75. The Morgan fingerprint density at radius 2 is 2.69 bits per heavy atom. The van der Waals surface area contributed by atoms with Gasteiger partial charge in [0.1, 0.15) is 0 Å². The van der Waals surface area contributed by atoms with E-state index in [9.17, 15) is 0 Å². The van der Waals surface area contributed by atoms with E-state index in [0.717, 1.165) is 25.4 Å². The van der Waals surface area contributed by atoms with E-state index < -0.39 is 0 Å². The second kappa shape index (κ2) is 4.69. The van der Waals surface area contributed by atoms with Crippen LogP contribution < -0.4 is 5.32 Å². The first-order chi connectivity index (χ1) is 6.45. The lowest BCUT2D eigenvalue weighted by atomic mass is 10.2. The molecule has 0 bridgehead atoms. The van der Waals surface area contributed by atoms with Gasteiger partial charge in [-0.2, -0.15) is 0 Å². The third-order valence-corrected chi connectivity index (χ3v) is 2.82. The number of rotatable bonds is 4. The van der Waals surface area contributed by atoms with Crippen molar-refractivity contribution in [3.8, 4) is 0 Å². The Kier molecular flexibility index (Phi) is 3.29. The quantitative estimate of drug-likeness (QED) is 0.794. The van der Waals surface area contributed by atoms with Gasteiger partial charge in [-0.1, -0.05) is 0 Å². The van der Waals surface area contributed by atoms with Crippen molar-refractivity contribution in [1.82, 2.24) is 10.3 Å². The van der Waals surface area contributed by atoms with Gasteiger partial charge in [0.15, 0.2) is 0 Å². The monoisotopic (exact) mass is 198 g/mol. The van der Waals surface area contributed by atoms with E-state index in [4.69, 9.17) is 4.74 Å². The highest BCUT2D eigenvalue weighted by Crippen LogP contribution is 2.10. The average Bonchev–Trinajstić information content (AvgIpc) is 2.75. The number of hydrogen-bond donors (Lipinski definition) is 1. The van der Waals surface area contributed by atoms with Crippen LogP contribution in [0.5, 0.6) is 0 Å². The molecule has 2 rings (SSSR count). The lowest BCUT2D eigenvalue weighted by Crippen LogP contribution is -2.25. The maximum Gasteiger partial charge on any atom is 0.0795 e. The lowest BCUT2D eigenvalue weighted by molar-refractivity contribution is 0.110. The molecule has 0 aliphatic carbocycles. The Balaban J connectivity index is 1.63. The summed E-state index contributed by atoms with van der Waals surface area (Å²) in [5, 5.41) is 5.42. The maximum atomic E-state index is 5.49. The molecular weight excluding hydrogens is 184 g/mol. The van der Waals surface area contributed by atoms with Gasteiger partial charge in [0.05, 0.1) is 17.3 Å². The van der Waals surface area contributed by atoms with Crippen LogP contribution >= 0.6 is 11.3 Å². The largest absolute Gasteiger partial charge is 0.377 e. The van der Waals surface area contributed by atoms with Crippen LogP contribution in [0.3, 0.4) is 0 Å². The smallest absolute Gasteiger partial charge is 0.0795 e. The summed E-state index contributed by atoms with van der Waals surface area (Å²) in [7, 11) is 0. The maximum absolute atomic E-state index is 5.49. The minimum Gasteiger partial charge on any atom is -0.377 e. The number of aromatic nitrogens is 1. The van der Waals surface area contributed by atoms with Crippen LogP contribution in [-0.2, 0) is 11.3 Å². The molecule has 72 valence electrons. The Bertz CT molecular complexity index is 232. The lowest BCUT2D eigenvalue weighted by Gasteiger charge is -2.09. The SMILES string of the molecule is c1nc(CNCC2CCCO2)cs1. The molecule has 3 nitrogen and oxygen atoms in total. The normalized spacial score (nSPS) is 22.3. The number of hydrogen-bond acceptors (Lipinski definition) is 4. The molecule has 1 N–H and O–H groups in total. The van der Waals surface area contributed by atoms with E-state index >= 15 is 0 Å². The summed E-state index contributed by atoms with van der Waals surface area (Å²) in [6.07, 6.45) is 2.84. The van der Waals surface area contributed by atoms with Crippen molar-refractivity contribution in [2.75, 3.05) is 13.2 Å². The molecule has 0 aromatic carbocycles. The predicted octanol–water partition coefficient (Wildman–Crippen LogP) is 1.41. The molecule has 0 radical (unpaired) electrons. The van der Waals surface area contributed by atoms with Gasteiger partial charge >= 0.3 is 0 Å². The zero-order valence-electron chi connectivity index (χ0n) is 7.53. The summed E-state index contributed by atoms with van der Waals surface area (Å²) in [5.41, 5.74) is 2.99. The van der Waals surface area contributed by atoms with Crippen molar-refractivity contribution in [3.05, 3.63) is 16.6 Å². The fourth-order valence-corrected chi connectivity index (χ4v) is 2.05. The average molecular weight is 198 g/mol. The molecule has 1 aliphatic rings.